The van der Waals surface area contributed by atoms with Gasteiger partial charge in [0.15, 0.2) is 0 Å². The predicted octanol–water partition coefficient (Wildman–Crippen LogP) is 6.70. The van der Waals surface area contributed by atoms with Gasteiger partial charge in [0.1, 0.15) is 22.7 Å². The maximum absolute atomic E-state index is 13.1. The summed E-state index contributed by atoms with van der Waals surface area (Å²) in [5, 5.41) is 10.7. The van der Waals surface area contributed by atoms with E-state index in [0.29, 0.717) is 25.3 Å². The van der Waals surface area contributed by atoms with E-state index in [1.807, 2.05) is 29.2 Å². The molecule has 6 rings (SSSR count). The van der Waals surface area contributed by atoms with Crippen LogP contribution in [0.1, 0.15) is 38.1 Å². The van der Waals surface area contributed by atoms with Crippen molar-refractivity contribution in [3.05, 3.63) is 78.1 Å². The first kappa shape index (κ1) is 25.8. The number of anilines is 2. The Morgan fingerprint density at radius 1 is 0.925 bits per heavy atom. The van der Waals surface area contributed by atoms with Gasteiger partial charge in [0.2, 0.25) is 0 Å². The van der Waals surface area contributed by atoms with Gasteiger partial charge in [-0.1, -0.05) is 67.5 Å². The lowest BCUT2D eigenvalue weighted by atomic mass is 10.0. The van der Waals surface area contributed by atoms with Crippen molar-refractivity contribution in [2.45, 2.75) is 39.5 Å². The molecule has 1 aliphatic rings. The van der Waals surface area contributed by atoms with Gasteiger partial charge in [-0.3, -0.25) is 0 Å². The second-order valence-electron chi connectivity index (χ2n) is 10.3. The van der Waals surface area contributed by atoms with E-state index in [4.69, 9.17) is 14.5 Å². The summed E-state index contributed by atoms with van der Waals surface area (Å²) >= 11 is 0. The quantitative estimate of drug-likeness (QED) is 0.261. The number of amides is 2. The van der Waals surface area contributed by atoms with Crippen molar-refractivity contribution in [1.29, 1.82) is 0 Å². The van der Waals surface area contributed by atoms with Crippen LogP contribution in [-0.4, -0.2) is 52.2 Å². The van der Waals surface area contributed by atoms with Crippen LogP contribution in [0.2, 0.25) is 0 Å². The highest BCUT2D eigenvalue weighted by atomic mass is 16.5. The molecule has 0 atom stereocenters. The molecule has 40 heavy (non-hydrogen) atoms. The number of hydrogen-bond donors (Lipinski definition) is 1. The van der Waals surface area contributed by atoms with Crippen LogP contribution in [0.3, 0.4) is 0 Å². The van der Waals surface area contributed by atoms with Crippen molar-refractivity contribution in [3.63, 3.8) is 0 Å². The lowest BCUT2D eigenvalue weighted by Gasteiger charge is -2.24. The van der Waals surface area contributed by atoms with Gasteiger partial charge in [-0.2, -0.15) is 4.98 Å². The number of nitrogens with one attached hydrogen (secondary N) is 1. The molecule has 8 nitrogen and oxygen atoms in total. The molecule has 5 aromatic rings. The number of hydrogen-bond acceptors (Lipinski definition) is 6. The number of aromatic nitrogens is 3. The van der Waals surface area contributed by atoms with Gasteiger partial charge in [-0.05, 0) is 53.8 Å². The first-order chi connectivity index (χ1) is 19.6. The molecule has 2 aromatic heterocycles. The number of carbonyl (C=O) groups excluding carboxylic acids is 1. The molecule has 1 aliphatic heterocycles. The maximum atomic E-state index is 13.1. The lowest BCUT2D eigenvalue weighted by molar-refractivity contribution is 0.215. The standard InChI is InChI=1S/C32H34N6O2/c1-3-8-27-34-30(28-29(36-40-31(28)35-27)25-14-13-23-9-5-6-10-24(23)21-25)37-17-7-18-38(20-19-37)32(39)33-26-15-11-22(4-2)12-16-26/h5-6,9-16,21H,3-4,7-8,17-20H2,1-2H3,(H,33,39). The summed E-state index contributed by atoms with van der Waals surface area (Å²) in [6, 6.07) is 22.6. The van der Waals surface area contributed by atoms with Crippen molar-refractivity contribution in [2.24, 2.45) is 0 Å². The topological polar surface area (TPSA) is 87.4 Å². The second kappa shape index (κ2) is 11.3. The summed E-state index contributed by atoms with van der Waals surface area (Å²) < 4.78 is 5.81. The molecule has 3 heterocycles. The van der Waals surface area contributed by atoms with Gasteiger partial charge >= 0.3 is 6.03 Å². The Hall–Kier alpha value is -4.46. The van der Waals surface area contributed by atoms with Crippen molar-refractivity contribution in [2.75, 3.05) is 36.4 Å². The van der Waals surface area contributed by atoms with Gasteiger partial charge in [0.05, 0.1) is 0 Å². The Balaban J connectivity index is 1.29. The Morgan fingerprint density at radius 2 is 1.75 bits per heavy atom. The molecule has 0 spiro atoms. The summed E-state index contributed by atoms with van der Waals surface area (Å²) in [5.41, 5.74) is 4.28. The SMILES string of the molecule is CCCc1nc(N2CCCN(C(=O)Nc3ccc(CC)cc3)CC2)c2c(-c3ccc4ccccc4c3)noc2n1. The molecule has 1 fully saturated rings. The number of carbonyl (C=O) groups is 1. The van der Waals surface area contributed by atoms with E-state index in [1.165, 1.54) is 10.9 Å². The van der Waals surface area contributed by atoms with E-state index >= 15 is 0 Å². The van der Waals surface area contributed by atoms with Gasteiger partial charge in [-0.15, -0.1) is 0 Å². The Morgan fingerprint density at radius 3 is 2.55 bits per heavy atom. The van der Waals surface area contributed by atoms with Crippen molar-refractivity contribution in [3.8, 4) is 11.3 Å². The third-order valence-corrected chi connectivity index (χ3v) is 7.56. The highest BCUT2D eigenvalue weighted by Gasteiger charge is 2.26. The highest BCUT2D eigenvalue weighted by Crippen LogP contribution is 2.35. The third-order valence-electron chi connectivity index (χ3n) is 7.56. The van der Waals surface area contributed by atoms with E-state index in [9.17, 15) is 4.79 Å². The van der Waals surface area contributed by atoms with E-state index in [0.717, 1.165) is 71.6 Å². The minimum Gasteiger partial charge on any atom is -0.354 e. The van der Waals surface area contributed by atoms with Crippen molar-refractivity contribution >= 4 is 39.4 Å². The Bertz CT molecular complexity index is 1650. The molecule has 3 aromatic carbocycles. The first-order valence-electron chi connectivity index (χ1n) is 14.2. The second-order valence-corrected chi connectivity index (χ2v) is 10.3. The zero-order valence-electron chi connectivity index (χ0n) is 23.1. The van der Waals surface area contributed by atoms with E-state index in [1.54, 1.807) is 0 Å². The molecule has 0 saturated carbocycles. The van der Waals surface area contributed by atoms with Crippen molar-refractivity contribution in [1.82, 2.24) is 20.0 Å². The zero-order valence-corrected chi connectivity index (χ0v) is 23.1. The minimum absolute atomic E-state index is 0.0764. The van der Waals surface area contributed by atoms with Crippen molar-refractivity contribution < 1.29 is 9.32 Å². The van der Waals surface area contributed by atoms with Gasteiger partial charge in [0.25, 0.3) is 5.71 Å². The molecular weight excluding hydrogens is 500 g/mol. The van der Waals surface area contributed by atoms with Crippen LogP contribution in [-0.2, 0) is 12.8 Å². The van der Waals surface area contributed by atoms with Crippen LogP contribution < -0.4 is 10.2 Å². The molecule has 1 saturated heterocycles. The molecule has 8 heteroatoms. The van der Waals surface area contributed by atoms with Gasteiger partial charge < -0.3 is 19.6 Å². The van der Waals surface area contributed by atoms with E-state index < -0.39 is 0 Å². The average Bonchev–Trinajstić information content (AvgIpc) is 3.25. The molecule has 0 aliphatic carbocycles. The fourth-order valence-corrected chi connectivity index (χ4v) is 5.34. The number of nitrogens with zero attached hydrogens (tertiary/aromatic N) is 5. The molecule has 0 unspecified atom stereocenters. The number of fused-ring (bicyclic) bond motifs is 2. The van der Waals surface area contributed by atoms with Crippen LogP contribution in [0.25, 0.3) is 33.1 Å². The fraction of sp³-hybridized carbons (Fsp3) is 0.312. The van der Waals surface area contributed by atoms with E-state index in [2.05, 4.69) is 71.7 Å². The molecule has 0 radical (unpaired) electrons. The van der Waals surface area contributed by atoms with Gasteiger partial charge in [0, 0.05) is 43.9 Å². The normalized spacial score (nSPS) is 14.1. The summed E-state index contributed by atoms with van der Waals surface area (Å²) in [4.78, 5) is 27.0. The molecule has 2 amide bonds. The molecule has 0 bridgehead atoms. The average molecular weight is 535 g/mol. The van der Waals surface area contributed by atoms with E-state index in [-0.39, 0.29) is 6.03 Å². The monoisotopic (exact) mass is 534 g/mol. The smallest absolute Gasteiger partial charge is 0.321 e. The van der Waals surface area contributed by atoms with Crippen LogP contribution >= 0.6 is 0 Å². The number of benzene rings is 3. The van der Waals surface area contributed by atoms with Crippen LogP contribution in [0.15, 0.2) is 71.3 Å². The predicted molar refractivity (Wildman–Crippen MR) is 160 cm³/mol. The fourth-order valence-electron chi connectivity index (χ4n) is 5.34. The lowest BCUT2D eigenvalue weighted by Crippen LogP contribution is -2.38. The summed E-state index contributed by atoms with van der Waals surface area (Å²) in [6.45, 7) is 6.93. The van der Waals surface area contributed by atoms with Crippen LogP contribution in [0.5, 0.6) is 0 Å². The largest absolute Gasteiger partial charge is 0.354 e. The van der Waals surface area contributed by atoms with Crippen LogP contribution in [0.4, 0.5) is 16.3 Å². The summed E-state index contributed by atoms with van der Waals surface area (Å²) in [5.74, 6) is 1.58. The zero-order chi connectivity index (χ0) is 27.5. The number of aryl methyl sites for hydroxylation is 2. The van der Waals surface area contributed by atoms with Crippen LogP contribution in [0, 0.1) is 0 Å². The third kappa shape index (κ3) is 5.21. The van der Waals surface area contributed by atoms with Gasteiger partial charge in [-0.25, -0.2) is 9.78 Å². The Kier molecular flexibility index (Phi) is 7.31. The highest BCUT2D eigenvalue weighted by molar-refractivity contribution is 6.00. The number of rotatable bonds is 6. The Labute approximate surface area is 234 Å². The number of urea groups is 1. The first-order valence-corrected chi connectivity index (χ1v) is 14.2. The molecule has 204 valence electrons. The molecule has 1 N–H and O–H groups in total. The minimum atomic E-state index is -0.0764. The maximum Gasteiger partial charge on any atom is 0.321 e. The summed E-state index contributed by atoms with van der Waals surface area (Å²) in [7, 11) is 0. The summed E-state index contributed by atoms with van der Waals surface area (Å²) in [6.07, 6.45) is 3.49. The molecular formula is C32H34N6O2.